The summed E-state index contributed by atoms with van der Waals surface area (Å²) in [5.41, 5.74) is 2.95. The van der Waals surface area contributed by atoms with Crippen molar-refractivity contribution in [2.45, 2.75) is 31.4 Å². The van der Waals surface area contributed by atoms with Gasteiger partial charge in [0.25, 0.3) is 10.1 Å². The van der Waals surface area contributed by atoms with E-state index < -0.39 is 16.2 Å². The van der Waals surface area contributed by atoms with Crippen LogP contribution in [-0.2, 0) is 20.8 Å². The predicted molar refractivity (Wildman–Crippen MR) is 98.7 cm³/mol. The van der Waals surface area contributed by atoms with Crippen LogP contribution in [0.3, 0.4) is 0 Å². The van der Waals surface area contributed by atoms with Gasteiger partial charge in [-0.15, -0.1) is 0 Å². The zero-order valence-electron chi connectivity index (χ0n) is 14.4. The Morgan fingerprint density at radius 1 is 1.24 bits per heavy atom. The number of aryl methyl sites for hydroxylation is 1. The van der Waals surface area contributed by atoms with Crippen LogP contribution in [-0.4, -0.2) is 30.8 Å². The molecule has 1 aromatic carbocycles. The topological polar surface area (TPSA) is 68.5 Å². The van der Waals surface area contributed by atoms with Gasteiger partial charge in [0, 0.05) is 11.9 Å². The van der Waals surface area contributed by atoms with E-state index in [9.17, 15) is 13.5 Å². The molecule has 5 nitrogen and oxygen atoms in total. The Bertz CT molecular complexity index is 848. The molecular formula is C19H23NO4S. The number of allylic oxidation sites excluding steroid dienone is 2. The number of aromatic nitrogens is 1. The van der Waals surface area contributed by atoms with Crippen LogP contribution in [0.2, 0.25) is 0 Å². The summed E-state index contributed by atoms with van der Waals surface area (Å²) in [6.45, 7) is 7.38. The van der Waals surface area contributed by atoms with E-state index in [-0.39, 0.29) is 18.0 Å². The lowest BCUT2D eigenvalue weighted by Crippen LogP contribution is -2.24. The molecule has 0 radical (unpaired) electrons. The Balaban J connectivity index is 1.97. The molecule has 2 aromatic rings. The molecule has 0 saturated heterocycles. The van der Waals surface area contributed by atoms with Crippen molar-refractivity contribution in [3.8, 4) is 0 Å². The summed E-state index contributed by atoms with van der Waals surface area (Å²) in [4.78, 5) is 0.0827. The molecule has 0 bridgehead atoms. The van der Waals surface area contributed by atoms with Gasteiger partial charge in [-0.3, -0.25) is 4.18 Å². The largest absolute Gasteiger partial charge is 0.389 e. The van der Waals surface area contributed by atoms with E-state index in [1.807, 2.05) is 42.8 Å². The highest BCUT2D eigenvalue weighted by molar-refractivity contribution is 7.86. The van der Waals surface area contributed by atoms with Crippen molar-refractivity contribution >= 4 is 16.2 Å². The van der Waals surface area contributed by atoms with Gasteiger partial charge in [0.2, 0.25) is 0 Å². The highest BCUT2D eigenvalue weighted by atomic mass is 32.2. The number of nitrogens with zero attached hydrogens (tertiary/aromatic N) is 1. The van der Waals surface area contributed by atoms with Crippen molar-refractivity contribution < 1.29 is 17.7 Å². The summed E-state index contributed by atoms with van der Waals surface area (Å²) in [5, 5.41) is 10.1. The molecular weight excluding hydrogens is 338 g/mol. The number of rotatable bonds is 8. The maximum atomic E-state index is 12.1. The average molecular weight is 361 g/mol. The number of benzene rings is 1. The van der Waals surface area contributed by atoms with Crippen LogP contribution in [0.5, 0.6) is 0 Å². The fraction of sp³-hybridized carbons (Fsp3) is 0.263. The fourth-order valence-electron chi connectivity index (χ4n) is 2.34. The highest BCUT2D eigenvalue weighted by Crippen LogP contribution is 2.15. The second-order valence-electron chi connectivity index (χ2n) is 5.81. The van der Waals surface area contributed by atoms with Crippen molar-refractivity contribution in [1.82, 2.24) is 4.57 Å². The number of aliphatic hydroxyl groups is 1. The first-order valence-corrected chi connectivity index (χ1v) is 9.33. The molecule has 2 rings (SSSR count). The van der Waals surface area contributed by atoms with Crippen LogP contribution in [0, 0.1) is 13.8 Å². The molecule has 0 aliphatic heterocycles. The standard InChI is InChI=1S/C19H23NO4S/c1-4-5-6-17-11-12-20(16(17)3)13-18(21)14-24-25(22,23)19-9-7-15(2)8-10-19/h4-12,18,21H,1,13-14H2,2-3H3/b6-5-. The molecule has 1 unspecified atom stereocenters. The Morgan fingerprint density at radius 2 is 1.92 bits per heavy atom. The maximum absolute atomic E-state index is 12.1. The Hall–Kier alpha value is -2.15. The molecule has 0 spiro atoms. The Labute approximate surface area is 149 Å². The van der Waals surface area contributed by atoms with E-state index in [4.69, 9.17) is 4.18 Å². The van der Waals surface area contributed by atoms with Crippen molar-refractivity contribution in [3.63, 3.8) is 0 Å². The molecule has 1 N–H and O–H groups in total. The van der Waals surface area contributed by atoms with Gasteiger partial charge in [-0.1, -0.05) is 42.5 Å². The van der Waals surface area contributed by atoms with Crippen molar-refractivity contribution in [2.24, 2.45) is 0 Å². The van der Waals surface area contributed by atoms with Gasteiger partial charge < -0.3 is 9.67 Å². The van der Waals surface area contributed by atoms with Crippen LogP contribution in [0.25, 0.3) is 6.08 Å². The quantitative estimate of drug-likeness (QED) is 0.579. The van der Waals surface area contributed by atoms with Crippen LogP contribution in [0.4, 0.5) is 0 Å². The molecule has 0 aliphatic rings. The van der Waals surface area contributed by atoms with E-state index >= 15 is 0 Å². The van der Waals surface area contributed by atoms with Gasteiger partial charge in [-0.2, -0.15) is 8.42 Å². The molecule has 134 valence electrons. The molecule has 1 heterocycles. The monoisotopic (exact) mass is 361 g/mol. The first kappa shape index (κ1) is 19.2. The van der Waals surface area contributed by atoms with Gasteiger partial charge >= 0.3 is 0 Å². The lowest BCUT2D eigenvalue weighted by Gasteiger charge is -2.14. The smallest absolute Gasteiger partial charge is 0.297 e. The second kappa shape index (κ2) is 8.29. The zero-order chi connectivity index (χ0) is 18.4. The van der Waals surface area contributed by atoms with E-state index in [1.54, 1.807) is 18.2 Å². The van der Waals surface area contributed by atoms with Gasteiger partial charge in [0.15, 0.2) is 0 Å². The molecule has 0 aliphatic carbocycles. The molecule has 25 heavy (non-hydrogen) atoms. The normalized spacial score (nSPS) is 13.2. The minimum absolute atomic E-state index is 0.0827. The second-order valence-corrected chi connectivity index (χ2v) is 7.42. The lowest BCUT2D eigenvalue weighted by atomic mass is 10.2. The lowest BCUT2D eigenvalue weighted by molar-refractivity contribution is 0.0949. The summed E-state index contributed by atoms with van der Waals surface area (Å²) in [6.07, 6.45) is 6.34. The van der Waals surface area contributed by atoms with E-state index in [0.29, 0.717) is 0 Å². The van der Waals surface area contributed by atoms with Crippen LogP contribution in [0.1, 0.15) is 16.8 Å². The Kier molecular flexibility index (Phi) is 6.36. The van der Waals surface area contributed by atoms with Gasteiger partial charge in [-0.05, 0) is 37.6 Å². The first-order chi connectivity index (χ1) is 11.8. The summed E-state index contributed by atoms with van der Waals surface area (Å²) in [6, 6.07) is 8.31. The molecule has 0 fully saturated rings. The first-order valence-electron chi connectivity index (χ1n) is 7.92. The third kappa shape index (κ3) is 5.16. The summed E-state index contributed by atoms with van der Waals surface area (Å²) in [7, 11) is -3.87. The fourth-order valence-corrected chi connectivity index (χ4v) is 3.28. The number of hydrogen-bond acceptors (Lipinski definition) is 4. The maximum Gasteiger partial charge on any atom is 0.297 e. The Morgan fingerprint density at radius 3 is 2.56 bits per heavy atom. The van der Waals surface area contributed by atoms with Crippen LogP contribution >= 0.6 is 0 Å². The predicted octanol–water partition coefficient (Wildman–Crippen LogP) is 3.07. The molecule has 1 atom stereocenters. The summed E-state index contributed by atoms with van der Waals surface area (Å²) in [5.74, 6) is 0. The zero-order valence-corrected chi connectivity index (χ0v) is 15.2. The van der Waals surface area contributed by atoms with E-state index in [2.05, 4.69) is 6.58 Å². The van der Waals surface area contributed by atoms with E-state index in [0.717, 1.165) is 16.8 Å². The molecule has 0 saturated carbocycles. The third-order valence-corrected chi connectivity index (χ3v) is 5.12. The molecule has 1 aromatic heterocycles. The SMILES string of the molecule is C=C/C=C\c1ccn(CC(O)COS(=O)(=O)c2ccc(C)cc2)c1C. The minimum Gasteiger partial charge on any atom is -0.389 e. The molecule has 0 amide bonds. The summed E-state index contributed by atoms with van der Waals surface area (Å²) >= 11 is 0. The van der Waals surface area contributed by atoms with Crippen molar-refractivity contribution in [3.05, 3.63) is 72.1 Å². The van der Waals surface area contributed by atoms with Crippen molar-refractivity contribution in [1.29, 1.82) is 0 Å². The minimum atomic E-state index is -3.87. The van der Waals surface area contributed by atoms with Crippen LogP contribution < -0.4 is 0 Å². The highest BCUT2D eigenvalue weighted by Gasteiger charge is 2.18. The van der Waals surface area contributed by atoms with Gasteiger partial charge in [-0.25, -0.2) is 0 Å². The third-order valence-electron chi connectivity index (χ3n) is 3.83. The summed E-state index contributed by atoms with van der Waals surface area (Å²) < 4.78 is 31.1. The van der Waals surface area contributed by atoms with Crippen LogP contribution in [0.15, 0.2) is 60.2 Å². The van der Waals surface area contributed by atoms with Gasteiger partial charge in [0.05, 0.1) is 24.2 Å². The number of aliphatic hydroxyl groups excluding tert-OH is 1. The number of hydrogen-bond donors (Lipinski definition) is 1. The average Bonchev–Trinajstić information content (AvgIpc) is 2.92. The van der Waals surface area contributed by atoms with Gasteiger partial charge in [0.1, 0.15) is 0 Å². The van der Waals surface area contributed by atoms with E-state index in [1.165, 1.54) is 12.1 Å². The molecule has 6 heteroatoms. The van der Waals surface area contributed by atoms with Crippen molar-refractivity contribution in [2.75, 3.05) is 6.61 Å².